The summed E-state index contributed by atoms with van der Waals surface area (Å²) in [7, 11) is 0. The third-order valence-corrected chi connectivity index (χ3v) is 1.78. The first-order chi connectivity index (χ1) is 4.64. The molecule has 60 valence electrons. The molecule has 1 aliphatic heterocycles. The van der Waals surface area contributed by atoms with E-state index in [1.807, 2.05) is 0 Å². The molecule has 0 saturated carbocycles. The molecule has 0 spiro atoms. The van der Waals surface area contributed by atoms with E-state index >= 15 is 0 Å². The molecule has 1 atom stereocenters. The minimum atomic E-state index is -0.0638. The fourth-order valence-corrected chi connectivity index (χ4v) is 0.963. The van der Waals surface area contributed by atoms with Gasteiger partial charge in [0.25, 0.3) is 0 Å². The molecular formula is C8H16O2. The molecule has 0 bridgehead atoms. The Morgan fingerprint density at radius 1 is 1.50 bits per heavy atom. The van der Waals surface area contributed by atoms with Crippen LogP contribution in [-0.2, 0) is 9.47 Å². The van der Waals surface area contributed by atoms with Gasteiger partial charge in [0.1, 0.15) is 0 Å². The van der Waals surface area contributed by atoms with E-state index in [-0.39, 0.29) is 5.60 Å². The van der Waals surface area contributed by atoms with Crippen LogP contribution in [0.5, 0.6) is 0 Å². The monoisotopic (exact) mass is 144 g/mol. The Morgan fingerprint density at radius 3 is 2.60 bits per heavy atom. The first kappa shape index (κ1) is 8.02. The van der Waals surface area contributed by atoms with E-state index in [1.165, 1.54) is 0 Å². The van der Waals surface area contributed by atoms with Gasteiger partial charge in [-0.3, -0.25) is 0 Å². The molecule has 2 nitrogen and oxygen atoms in total. The largest absolute Gasteiger partial charge is 0.373 e. The molecule has 10 heavy (non-hydrogen) atoms. The second-order valence-corrected chi connectivity index (χ2v) is 3.41. The number of rotatable bonds is 1. The standard InChI is InChI=1S/C8H16O2/c1-4-7-5-10-8(2,3)6-9-7/h7H,4-6H2,1-3H3. The second-order valence-electron chi connectivity index (χ2n) is 3.41. The van der Waals surface area contributed by atoms with Crippen LogP contribution in [-0.4, -0.2) is 24.9 Å². The predicted molar refractivity (Wildman–Crippen MR) is 40.1 cm³/mol. The van der Waals surface area contributed by atoms with Gasteiger partial charge < -0.3 is 9.47 Å². The predicted octanol–water partition coefficient (Wildman–Crippen LogP) is 1.59. The fourth-order valence-electron chi connectivity index (χ4n) is 0.963. The van der Waals surface area contributed by atoms with Crippen molar-refractivity contribution < 1.29 is 9.47 Å². The zero-order chi connectivity index (χ0) is 7.61. The molecule has 0 aromatic heterocycles. The second kappa shape index (κ2) is 2.89. The summed E-state index contributed by atoms with van der Waals surface area (Å²) in [5.74, 6) is 0. The van der Waals surface area contributed by atoms with Crippen molar-refractivity contribution in [2.75, 3.05) is 13.2 Å². The lowest BCUT2D eigenvalue weighted by Crippen LogP contribution is -2.41. The van der Waals surface area contributed by atoms with Crippen LogP contribution in [0.2, 0.25) is 0 Å². The zero-order valence-corrected chi connectivity index (χ0v) is 7.02. The third-order valence-electron chi connectivity index (χ3n) is 1.78. The van der Waals surface area contributed by atoms with Gasteiger partial charge in [0.2, 0.25) is 0 Å². The van der Waals surface area contributed by atoms with E-state index in [1.54, 1.807) is 0 Å². The Morgan fingerprint density at radius 2 is 2.20 bits per heavy atom. The van der Waals surface area contributed by atoms with Gasteiger partial charge in [-0.05, 0) is 20.3 Å². The average molecular weight is 144 g/mol. The van der Waals surface area contributed by atoms with Crippen molar-refractivity contribution >= 4 is 0 Å². The Hall–Kier alpha value is -0.0800. The lowest BCUT2D eigenvalue weighted by molar-refractivity contribution is -0.174. The van der Waals surface area contributed by atoms with Crippen LogP contribution in [0, 0.1) is 0 Å². The zero-order valence-electron chi connectivity index (χ0n) is 7.02. The topological polar surface area (TPSA) is 18.5 Å². The highest BCUT2D eigenvalue weighted by atomic mass is 16.6. The molecule has 1 rings (SSSR count). The third kappa shape index (κ3) is 1.96. The normalized spacial score (nSPS) is 32.1. The summed E-state index contributed by atoms with van der Waals surface area (Å²) < 4.78 is 11.1. The molecule has 1 heterocycles. The van der Waals surface area contributed by atoms with Crippen LogP contribution in [0.15, 0.2) is 0 Å². The summed E-state index contributed by atoms with van der Waals surface area (Å²) in [6.45, 7) is 7.71. The molecule has 0 aromatic carbocycles. The Labute approximate surface area is 62.5 Å². The minimum absolute atomic E-state index is 0.0638. The van der Waals surface area contributed by atoms with Crippen LogP contribution in [0.25, 0.3) is 0 Å². The van der Waals surface area contributed by atoms with Crippen molar-refractivity contribution in [3.8, 4) is 0 Å². The van der Waals surface area contributed by atoms with Crippen LogP contribution >= 0.6 is 0 Å². The van der Waals surface area contributed by atoms with E-state index < -0.39 is 0 Å². The molecule has 0 N–H and O–H groups in total. The first-order valence-electron chi connectivity index (χ1n) is 3.89. The average Bonchev–Trinajstić information content (AvgIpc) is 1.88. The highest BCUT2D eigenvalue weighted by Gasteiger charge is 2.26. The lowest BCUT2D eigenvalue weighted by Gasteiger charge is -2.34. The molecule has 1 unspecified atom stereocenters. The summed E-state index contributed by atoms with van der Waals surface area (Å²) in [5, 5.41) is 0. The number of ether oxygens (including phenoxy) is 2. The van der Waals surface area contributed by atoms with Crippen molar-refractivity contribution in [3.63, 3.8) is 0 Å². The van der Waals surface area contributed by atoms with Gasteiger partial charge in [-0.15, -0.1) is 0 Å². The molecule has 0 aliphatic carbocycles. The van der Waals surface area contributed by atoms with E-state index in [0.717, 1.165) is 19.6 Å². The maximum absolute atomic E-state index is 5.54. The van der Waals surface area contributed by atoms with E-state index in [2.05, 4.69) is 20.8 Å². The summed E-state index contributed by atoms with van der Waals surface area (Å²) in [4.78, 5) is 0. The Kier molecular flexibility index (Phi) is 2.32. The van der Waals surface area contributed by atoms with E-state index in [9.17, 15) is 0 Å². The summed E-state index contributed by atoms with van der Waals surface area (Å²) in [6.07, 6.45) is 1.38. The van der Waals surface area contributed by atoms with Crippen LogP contribution in [0.1, 0.15) is 27.2 Å². The summed E-state index contributed by atoms with van der Waals surface area (Å²) in [5.41, 5.74) is -0.0638. The molecule has 1 aliphatic rings. The maximum atomic E-state index is 5.54. The van der Waals surface area contributed by atoms with Crippen molar-refractivity contribution in [2.45, 2.75) is 38.9 Å². The van der Waals surface area contributed by atoms with Crippen molar-refractivity contribution in [1.29, 1.82) is 0 Å². The van der Waals surface area contributed by atoms with Crippen LogP contribution in [0.4, 0.5) is 0 Å². The van der Waals surface area contributed by atoms with Gasteiger partial charge in [-0.2, -0.15) is 0 Å². The minimum Gasteiger partial charge on any atom is -0.373 e. The van der Waals surface area contributed by atoms with E-state index in [4.69, 9.17) is 9.47 Å². The van der Waals surface area contributed by atoms with Gasteiger partial charge >= 0.3 is 0 Å². The van der Waals surface area contributed by atoms with Crippen LogP contribution < -0.4 is 0 Å². The maximum Gasteiger partial charge on any atom is 0.0860 e. The van der Waals surface area contributed by atoms with Crippen molar-refractivity contribution in [2.24, 2.45) is 0 Å². The smallest absolute Gasteiger partial charge is 0.0860 e. The van der Waals surface area contributed by atoms with Crippen molar-refractivity contribution in [3.05, 3.63) is 0 Å². The quantitative estimate of drug-likeness (QED) is 0.556. The molecule has 2 heteroatoms. The number of hydrogen-bond donors (Lipinski definition) is 0. The summed E-state index contributed by atoms with van der Waals surface area (Å²) in [6, 6.07) is 0. The van der Waals surface area contributed by atoms with Crippen molar-refractivity contribution in [1.82, 2.24) is 0 Å². The Balaban J connectivity index is 2.31. The van der Waals surface area contributed by atoms with Crippen LogP contribution in [0.3, 0.4) is 0 Å². The first-order valence-corrected chi connectivity index (χ1v) is 3.89. The lowest BCUT2D eigenvalue weighted by atomic mass is 10.1. The molecule has 0 aromatic rings. The van der Waals surface area contributed by atoms with Gasteiger partial charge in [0.15, 0.2) is 0 Å². The van der Waals surface area contributed by atoms with Gasteiger partial charge in [0.05, 0.1) is 24.9 Å². The number of hydrogen-bond acceptors (Lipinski definition) is 2. The van der Waals surface area contributed by atoms with Gasteiger partial charge in [-0.25, -0.2) is 0 Å². The van der Waals surface area contributed by atoms with E-state index in [0.29, 0.717) is 6.10 Å². The highest BCUT2D eigenvalue weighted by Crippen LogP contribution is 2.18. The molecule has 0 radical (unpaired) electrons. The fraction of sp³-hybridized carbons (Fsp3) is 1.00. The summed E-state index contributed by atoms with van der Waals surface area (Å²) >= 11 is 0. The molecule has 0 amide bonds. The molecular weight excluding hydrogens is 128 g/mol. The Bertz CT molecular complexity index is 99.8. The highest BCUT2D eigenvalue weighted by molar-refractivity contribution is 4.74. The SMILES string of the molecule is CCC1COC(C)(C)CO1. The van der Waals surface area contributed by atoms with Gasteiger partial charge in [0, 0.05) is 0 Å². The molecule has 1 fully saturated rings. The van der Waals surface area contributed by atoms with Gasteiger partial charge in [-0.1, -0.05) is 6.92 Å². The molecule has 1 saturated heterocycles.